The first-order valence-corrected chi connectivity index (χ1v) is 6.70. The number of nitrogens with one attached hydrogen (secondary N) is 1. The van der Waals surface area contributed by atoms with Gasteiger partial charge in [0.15, 0.2) is 0 Å². The van der Waals surface area contributed by atoms with Crippen LogP contribution in [0.4, 0.5) is 5.69 Å². The first-order valence-electron chi connectivity index (χ1n) is 6.70. The highest BCUT2D eigenvalue weighted by molar-refractivity contribution is 6.10. The Kier molecular flexibility index (Phi) is 2.77. The Bertz CT molecular complexity index is 509. The number of carbonyl (C=O) groups excluding carboxylic acids is 2. The molecule has 2 fully saturated rings. The van der Waals surface area contributed by atoms with Gasteiger partial charge >= 0.3 is 0 Å². The lowest BCUT2D eigenvalue weighted by Crippen LogP contribution is -2.69. The fourth-order valence-corrected chi connectivity index (χ4v) is 3.07. The van der Waals surface area contributed by atoms with Gasteiger partial charge in [-0.25, -0.2) is 0 Å². The average molecular weight is 259 g/mol. The summed E-state index contributed by atoms with van der Waals surface area (Å²) in [5.41, 5.74) is 0.0144. The third kappa shape index (κ3) is 1.80. The third-order valence-electron chi connectivity index (χ3n) is 4.14. The van der Waals surface area contributed by atoms with Gasteiger partial charge in [0, 0.05) is 6.20 Å². The van der Waals surface area contributed by atoms with Gasteiger partial charge in [-0.15, -0.1) is 0 Å². The summed E-state index contributed by atoms with van der Waals surface area (Å²) in [5, 5.41) is 2.94. The quantitative estimate of drug-likeness (QED) is 0.825. The smallest absolute Gasteiger partial charge is 0.253 e. The number of nitrogens with zero attached hydrogens (tertiary/aromatic N) is 2. The van der Waals surface area contributed by atoms with E-state index in [1.54, 1.807) is 30.3 Å². The maximum Gasteiger partial charge on any atom is 0.253 e. The molecule has 1 saturated carbocycles. The minimum Gasteiger partial charge on any atom is -0.340 e. The second-order valence-electron chi connectivity index (χ2n) is 5.34. The molecule has 1 spiro atoms. The standard InChI is InChI=1S/C14H17N3O2/c1-10-12(18)16-14(6-2-3-7-14)13(19)17(10)11-5-4-8-15-9-11/h4-5,8-10H,2-3,6-7H2,1H3,(H,16,18). The van der Waals surface area contributed by atoms with E-state index in [0.29, 0.717) is 5.69 Å². The molecule has 5 nitrogen and oxygen atoms in total. The van der Waals surface area contributed by atoms with Crippen molar-refractivity contribution in [1.82, 2.24) is 10.3 Å². The molecule has 1 aliphatic carbocycles. The van der Waals surface area contributed by atoms with Gasteiger partial charge in [0.25, 0.3) is 5.91 Å². The number of hydrogen-bond acceptors (Lipinski definition) is 3. The fraction of sp³-hybridized carbons (Fsp3) is 0.500. The van der Waals surface area contributed by atoms with Crippen molar-refractivity contribution in [1.29, 1.82) is 0 Å². The molecule has 1 aliphatic heterocycles. The van der Waals surface area contributed by atoms with E-state index >= 15 is 0 Å². The number of pyridine rings is 1. The van der Waals surface area contributed by atoms with E-state index in [-0.39, 0.29) is 11.8 Å². The second-order valence-corrected chi connectivity index (χ2v) is 5.34. The maximum absolute atomic E-state index is 12.8. The molecular formula is C14H17N3O2. The normalized spacial score (nSPS) is 25.7. The average Bonchev–Trinajstić information content (AvgIpc) is 2.88. The van der Waals surface area contributed by atoms with E-state index in [1.165, 1.54) is 0 Å². The highest BCUT2D eigenvalue weighted by Crippen LogP contribution is 2.36. The zero-order chi connectivity index (χ0) is 13.5. The number of carbonyl (C=O) groups is 2. The predicted octanol–water partition coefficient (Wildman–Crippen LogP) is 1.25. The van der Waals surface area contributed by atoms with Gasteiger partial charge in [0.05, 0.1) is 11.9 Å². The summed E-state index contributed by atoms with van der Waals surface area (Å²) in [7, 11) is 0. The van der Waals surface area contributed by atoms with Gasteiger partial charge in [-0.2, -0.15) is 0 Å². The van der Waals surface area contributed by atoms with E-state index in [0.717, 1.165) is 25.7 Å². The fourth-order valence-electron chi connectivity index (χ4n) is 3.07. The van der Waals surface area contributed by atoms with E-state index in [9.17, 15) is 9.59 Å². The molecule has 1 aromatic heterocycles. The van der Waals surface area contributed by atoms with Crippen LogP contribution in [0.3, 0.4) is 0 Å². The number of rotatable bonds is 1. The minimum atomic E-state index is -0.681. The summed E-state index contributed by atoms with van der Waals surface area (Å²) in [6.07, 6.45) is 6.74. The number of amides is 2. The van der Waals surface area contributed by atoms with Gasteiger partial charge in [-0.3, -0.25) is 19.5 Å². The van der Waals surface area contributed by atoms with E-state index in [1.807, 2.05) is 6.07 Å². The van der Waals surface area contributed by atoms with Crippen molar-refractivity contribution < 1.29 is 9.59 Å². The summed E-state index contributed by atoms with van der Waals surface area (Å²) in [5.74, 6) is -0.0737. The van der Waals surface area contributed by atoms with Crippen molar-refractivity contribution >= 4 is 17.5 Å². The Morgan fingerprint density at radius 3 is 2.74 bits per heavy atom. The van der Waals surface area contributed by atoms with E-state index < -0.39 is 11.6 Å². The topological polar surface area (TPSA) is 62.3 Å². The predicted molar refractivity (Wildman–Crippen MR) is 70.5 cm³/mol. The van der Waals surface area contributed by atoms with Crippen LogP contribution in [0.2, 0.25) is 0 Å². The molecule has 2 heterocycles. The second kappa shape index (κ2) is 4.33. The molecule has 3 rings (SSSR count). The molecule has 2 aliphatic rings. The lowest BCUT2D eigenvalue weighted by molar-refractivity contribution is -0.137. The molecule has 1 unspecified atom stereocenters. The van der Waals surface area contributed by atoms with Crippen LogP contribution in [-0.2, 0) is 9.59 Å². The summed E-state index contributed by atoms with van der Waals surface area (Å²) in [4.78, 5) is 30.6. The summed E-state index contributed by atoms with van der Waals surface area (Å²) in [6.45, 7) is 1.75. The number of anilines is 1. The molecule has 100 valence electrons. The van der Waals surface area contributed by atoms with E-state index in [2.05, 4.69) is 10.3 Å². The van der Waals surface area contributed by atoms with Crippen LogP contribution in [0, 0.1) is 0 Å². The highest BCUT2D eigenvalue weighted by Gasteiger charge is 2.51. The zero-order valence-corrected chi connectivity index (χ0v) is 10.9. The van der Waals surface area contributed by atoms with Crippen molar-refractivity contribution in [3.05, 3.63) is 24.5 Å². The molecule has 2 amide bonds. The minimum absolute atomic E-state index is 0.00472. The Balaban J connectivity index is 2.01. The van der Waals surface area contributed by atoms with Crippen molar-refractivity contribution in [2.45, 2.75) is 44.2 Å². The Morgan fingerprint density at radius 2 is 2.11 bits per heavy atom. The van der Waals surface area contributed by atoms with Gasteiger partial charge in [-0.05, 0) is 31.9 Å². The van der Waals surface area contributed by atoms with Crippen LogP contribution in [0.15, 0.2) is 24.5 Å². The largest absolute Gasteiger partial charge is 0.340 e. The van der Waals surface area contributed by atoms with Crippen LogP contribution >= 0.6 is 0 Å². The number of aromatic nitrogens is 1. The van der Waals surface area contributed by atoms with E-state index in [4.69, 9.17) is 0 Å². The Hall–Kier alpha value is -1.91. The lowest BCUT2D eigenvalue weighted by Gasteiger charge is -2.43. The van der Waals surface area contributed by atoms with Gasteiger partial charge < -0.3 is 5.32 Å². The molecule has 0 aromatic carbocycles. The summed E-state index contributed by atoms with van der Waals surface area (Å²) in [6, 6.07) is 3.12. The van der Waals surface area contributed by atoms with Gasteiger partial charge in [-0.1, -0.05) is 12.8 Å². The van der Waals surface area contributed by atoms with Crippen LogP contribution in [0.5, 0.6) is 0 Å². The number of piperazine rings is 1. The molecule has 1 atom stereocenters. The third-order valence-corrected chi connectivity index (χ3v) is 4.14. The molecule has 19 heavy (non-hydrogen) atoms. The van der Waals surface area contributed by atoms with Crippen molar-refractivity contribution in [3.8, 4) is 0 Å². The van der Waals surface area contributed by atoms with Crippen molar-refractivity contribution in [3.63, 3.8) is 0 Å². The first kappa shape index (κ1) is 12.1. The summed E-state index contributed by atoms with van der Waals surface area (Å²) >= 11 is 0. The first-order chi connectivity index (χ1) is 9.14. The van der Waals surface area contributed by atoms with Crippen LogP contribution in [-0.4, -0.2) is 28.4 Å². The van der Waals surface area contributed by atoms with Crippen molar-refractivity contribution in [2.75, 3.05) is 4.90 Å². The van der Waals surface area contributed by atoms with Gasteiger partial charge in [0.1, 0.15) is 11.6 Å². The Morgan fingerprint density at radius 1 is 1.37 bits per heavy atom. The zero-order valence-electron chi connectivity index (χ0n) is 10.9. The number of hydrogen-bond donors (Lipinski definition) is 1. The maximum atomic E-state index is 12.8. The molecule has 0 radical (unpaired) electrons. The molecule has 1 aromatic rings. The van der Waals surface area contributed by atoms with Crippen LogP contribution in [0.1, 0.15) is 32.6 Å². The highest BCUT2D eigenvalue weighted by atomic mass is 16.2. The molecule has 1 saturated heterocycles. The van der Waals surface area contributed by atoms with Crippen molar-refractivity contribution in [2.24, 2.45) is 0 Å². The van der Waals surface area contributed by atoms with Crippen LogP contribution in [0.25, 0.3) is 0 Å². The Labute approximate surface area is 112 Å². The summed E-state index contributed by atoms with van der Waals surface area (Å²) < 4.78 is 0. The molecule has 0 bridgehead atoms. The SMILES string of the molecule is CC1C(=O)NC2(CCCC2)C(=O)N1c1cccnc1. The molecule has 5 heteroatoms. The lowest BCUT2D eigenvalue weighted by atomic mass is 9.91. The van der Waals surface area contributed by atoms with Gasteiger partial charge in [0.2, 0.25) is 5.91 Å². The monoisotopic (exact) mass is 259 g/mol. The molecule has 1 N–H and O–H groups in total. The van der Waals surface area contributed by atoms with Crippen LogP contribution < -0.4 is 10.2 Å². The molecular weight excluding hydrogens is 242 g/mol.